The van der Waals surface area contributed by atoms with Gasteiger partial charge in [-0.05, 0) is 24.8 Å². The van der Waals surface area contributed by atoms with Crippen LogP contribution in [0.25, 0.3) is 0 Å². The first-order chi connectivity index (χ1) is 8.16. The Bertz CT molecular complexity index is 416. The molecule has 2 rings (SSSR count). The Morgan fingerprint density at radius 3 is 2.88 bits per heavy atom. The number of hydrogen-bond acceptors (Lipinski definition) is 4. The van der Waals surface area contributed by atoms with Crippen molar-refractivity contribution in [3.05, 3.63) is 27.9 Å². The van der Waals surface area contributed by atoms with E-state index in [4.69, 9.17) is 0 Å². The van der Waals surface area contributed by atoms with Crippen molar-refractivity contribution in [2.45, 2.75) is 32.6 Å². The number of pyridine rings is 1. The van der Waals surface area contributed by atoms with Crippen LogP contribution in [0, 0.1) is 23.0 Å². The van der Waals surface area contributed by atoms with Crippen LogP contribution in [0.15, 0.2) is 12.3 Å². The van der Waals surface area contributed by atoms with E-state index in [1.54, 1.807) is 6.07 Å². The third-order valence-electron chi connectivity index (χ3n) is 3.34. The van der Waals surface area contributed by atoms with Crippen LogP contribution in [0.3, 0.4) is 0 Å². The average molecular weight is 235 g/mol. The van der Waals surface area contributed by atoms with E-state index in [1.165, 1.54) is 25.5 Å². The van der Waals surface area contributed by atoms with E-state index >= 15 is 0 Å². The number of aryl methyl sites for hydroxylation is 1. The molecule has 0 bridgehead atoms. The molecule has 0 spiro atoms. The van der Waals surface area contributed by atoms with Crippen LogP contribution in [-0.4, -0.2) is 16.5 Å². The van der Waals surface area contributed by atoms with Crippen molar-refractivity contribution in [3.63, 3.8) is 0 Å². The third-order valence-corrected chi connectivity index (χ3v) is 3.34. The Morgan fingerprint density at radius 2 is 2.35 bits per heavy atom. The number of hydrogen-bond donors (Lipinski definition) is 1. The van der Waals surface area contributed by atoms with Gasteiger partial charge in [0.1, 0.15) is 12.0 Å². The van der Waals surface area contributed by atoms with Crippen molar-refractivity contribution in [1.82, 2.24) is 4.98 Å². The Balaban J connectivity index is 1.89. The molecule has 92 valence electrons. The predicted octanol–water partition coefficient (Wildman–Crippen LogP) is 2.90. The summed E-state index contributed by atoms with van der Waals surface area (Å²) in [5, 5.41) is 13.8. The van der Waals surface area contributed by atoms with Crippen molar-refractivity contribution in [2.24, 2.45) is 5.92 Å². The lowest BCUT2D eigenvalue weighted by Crippen LogP contribution is -2.16. The van der Waals surface area contributed by atoms with Crippen LogP contribution in [0.1, 0.15) is 31.2 Å². The number of nitrogens with zero attached hydrogens (tertiary/aromatic N) is 2. The van der Waals surface area contributed by atoms with Crippen molar-refractivity contribution < 1.29 is 4.92 Å². The molecule has 1 heterocycles. The zero-order valence-corrected chi connectivity index (χ0v) is 9.98. The van der Waals surface area contributed by atoms with Crippen molar-refractivity contribution in [1.29, 1.82) is 0 Å². The second-order valence-electron chi connectivity index (χ2n) is 4.63. The molecule has 1 aliphatic carbocycles. The quantitative estimate of drug-likeness (QED) is 0.629. The summed E-state index contributed by atoms with van der Waals surface area (Å²) in [6.45, 7) is 2.74. The van der Waals surface area contributed by atoms with Gasteiger partial charge in [-0.3, -0.25) is 10.1 Å². The molecule has 1 saturated carbocycles. The molecule has 5 nitrogen and oxygen atoms in total. The third kappa shape index (κ3) is 2.93. The first-order valence-corrected chi connectivity index (χ1v) is 6.01. The Kier molecular flexibility index (Phi) is 3.56. The van der Waals surface area contributed by atoms with Crippen LogP contribution in [0.2, 0.25) is 0 Å². The van der Waals surface area contributed by atoms with Gasteiger partial charge in [0.25, 0.3) is 5.69 Å². The number of rotatable bonds is 5. The Morgan fingerprint density at radius 1 is 1.59 bits per heavy atom. The summed E-state index contributed by atoms with van der Waals surface area (Å²) in [6, 6.07) is 1.55. The number of aromatic nitrogens is 1. The van der Waals surface area contributed by atoms with E-state index in [9.17, 15) is 10.1 Å². The Hall–Kier alpha value is -1.65. The maximum atomic E-state index is 10.6. The maximum absolute atomic E-state index is 10.6. The lowest BCUT2D eigenvalue weighted by molar-refractivity contribution is -0.385. The standard InChI is InChI=1S/C12H17N3O2/c1-9-7-11(15(16)17)8-14-12(9)13-6-5-10-3-2-4-10/h7-8,10H,2-6H2,1H3,(H,13,14). The summed E-state index contributed by atoms with van der Waals surface area (Å²) < 4.78 is 0. The molecule has 0 amide bonds. The van der Waals surface area contributed by atoms with Crippen molar-refractivity contribution >= 4 is 11.5 Å². The average Bonchev–Trinajstić information content (AvgIpc) is 2.23. The van der Waals surface area contributed by atoms with Crippen LogP contribution in [0.5, 0.6) is 0 Å². The smallest absolute Gasteiger partial charge is 0.287 e. The van der Waals surface area contributed by atoms with Crippen LogP contribution in [-0.2, 0) is 0 Å². The number of anilines is 1. The molecule has 17 heavy (non-hydrogen) atoms. The summed E-state index contributed by atoms with van der Waals surface area (Å²) >= 11 is 0. The lowest BCUT2D eigenvalue weighted by Gasteiger charge is -2.25. The normalized spacial score (nSPS) is 15.4. The van der Waals surface area contributed by atoms with Crippen LogP contribution < -0.4 is 5.32 Å². The van der Waals surface area contributed by atoms with E-state index in [0.29, 0.717) is 0 Å². The molecule has 0 unspecified atom stereocenters. The highest BCUT2D eigenvalue weighted by molar-refractivity contribution is 5.48. The molecule has 0 radical (unpaired) electrons. The fraction of sp³-hybridized carbons (Fsp3) is 0.583. The molecule has 0 aromatic carbocycles. The number of nitro groups is 1. The van der Waals surface area contributed by atoms with Gasteiger partial charge in [-0.15, -0.1) is 0 Å². The molecular formula is C12H17N3O2. The van der Waals surface area contributed by atoms with Gasteiger partial charge in [-0.2, -0.15) is 0 Å². The molecule has 0 atom stereocenters. The van der Waals surface area contributed by atoms with E-state index in [2.05, 4.69) is 10.3 Å². The summed E-state index contributed by atoms with van der Waals surface area (Å²) in [5.74, 6) is 1.62. The molecular weight excluding hydrogens is 218 g/mol. The number of nitrogens with one attached hydrogen (secondary N) is 1. The van der Waals surface area contributed by atoms with Crippen LogP contribution >= 0.6 is 0 Å². The fourth-order valence-electron chi connectivity index (χ4n) is 2.02. The molecule has 0 saturated heterocycles. The largest absolute Gasteiger partial charge is 0.370 e. The van der Waals surface area contributed by atoms with Crippen LogP contribution in [0.4, 0.5) is 11.5 Å². The van der Waals surface area contributed by atoms with Gasteiger partial charge >= 0.3 is 0 Å². The SMILES string of the molecule is Cc1cc([N+](=O)[O-])cnc1NCCC1CCC1. The summed E-state index contributed by atoms with van der Waals surface area (Å²) in [5.41, 5.74) is 0.875. The summed E-state index contributed by atoms with van der Waals surface area (Å²) in [7, 11) is 0. The first-order valence-electron chi connectivity index (χ1n) is 6.01. The fourth-order valence-corrected chi connectivity index (χ4v) is 2.02. The molecule has 5 heteroatoms. The minimum absolute atomic E-state index is 0.0482. The predicted molar refractivity (Wildman–Crippen MR) is 66.1 cm³/mol. The van der Waals surface area contributed by atoms with E-state index in [1.807, 2.05) is 6.92 Å². The molecule has 1 N–H and O–H groups in total. The van der Waals surface area contributed by atoms with E-state index < -0.39 is 4.92 Å². The topological polar surface area (TPSA) is 68.1 Å². The summed E-state index contributed by atoms with van der Waals surface area (Å²) in [6.07, 6.45) is 6.51. The van der Waals surface area contributed by atoms with Gasteiger partial charge in [0.2, 0.25) is 0 Å². The second-order valence-corrected chi connectivity index (χ2v) is 4.63. The highest BCUT2D eigenvalue weighted by Gasteiger charge is 2.16. The monoisotopic (exact) mass is 235 g/mol. The van der Waals surface area contributed by atoms with Gasteiger partial charge in [-0.1, -0.05) is 19.3 Å². The van der Waals surface area contributed by atoms with Crippen molar-refractivity contribution in [3.8, 4) is 0 Å². The molecule has 1 fully saturated rings. The minimum Gasteiger partial charge on any atom is -0.370 e. The van der Waals surface area contributed by atoms with Crippen molar-refractivity contribution in [2.75, 3.05) is 11.9 Å². The molecule has 1 aromatic heterocycles. The zero-order chi connectivity index (χ0) is 12.3. The lowest BCUT2D eigenvalue weighted by atomic mass is 9.83. The first kappa shape index (κ1) is 11.8. The molecule has 0 aliphatic heterocycles. The molecule has 1 aromatic rings. The zero-order valence-electron chi connectivity index (χ0n) is 9.98. The summed E-state index contributed by atoms with van der Waals surface area (Å²) in [4.78, 5) is 14.2. The van der Waals surface area contributed by atoms with E-state index in [0.717, 1.165) is 30.3 Å². The minimum atomic E-state index is -0.419. The van der Waals surface area contributed by atoms with Gasteiger partial charge in [0.05, 0.1) is 4.92 Å². The Labute approximate surface area is 100 Å². The van der Waals surface area contributed by atoms with Gasteiger partial charge in [0.15, 0.2) is 0 Å². The van der Waals surface area contributed by atoms with E-state index in [-0.39, 0.29) is 5.69 Å². The highest BCUT2D eigenvalue weighted by Crippen LogP contribution is 2.29. The van der Waals surface area contributed by atoms with Gasteiger partial charge in [-0.25, -0.2) is 4.98 Å². The molecule has 1 aliphatic rings. The van der Waals surface area contributed by atoms with Gasteiger partial charge in [0, 0.05) is 12.6 Å². The second kappa shape index (κ2) is 5.12. The maximum Gasteiger partial charge on any atom is 0.287 e. The highest BCUT2D eigenvalue weighted by atomic mass is 16.6. The van der Waals surface area contributed by atoms with Gasteiger partial charge < -0.3 is 5.32 Å².